The highest BCUT2D eigenvalue weighted by Gasteiger charge is 2.04. The zero-order valence-corrected chi connectivity index (χ0v) is 19.0. The zero-order chi connectivity index (χ0) is 23.6. The standard InChI is InChI=1S/C30H26O4/c1-23(31)34-28-16-14-24(15-17-28)12-13-27-18-29(32-21-25-8-4-2-5-9-25)20-30(19-27)33-22-26-10-6-3-7-11-26/h2-20H,21-22H2,1H3/b13-12+. The summed E-state index contributed by atoms with van der Waals surface area (Å²) in [5.41, 5.74) is 4.14. The largest absolute Gasteiger partial charge is 0.489 e. The van der Waals surface area contributed by atoms with E-state index in [9.17, 15) is 4.79 Å². The first-order valence-corrected chi connectivity index (χ1v) is 11.1. The van der Waals surface area contributed by atoms with Gasteiger partial charge in [0, 0.05) is 13.0 Å². The molecule has 0 amide bonds. The van der Waals surface area contributed by atoms with Crippen LogP contribution in [0.25, 0.3) is 12.2 Å². The first-order chi connectivity index (χ1) is 16.6. The van der Waals surface area contributed by atoms with Gasteiger partial charge < -0.3 is 14.2 Å². The van der Waals surface area contributed by atoms with Crippen LogP contribution in [0.2, 0.25) is 0 Å². The van der Waals surface area contributed by atoms with E-state index in [1.165, 1.54) is 6.92 Å². The highest BCUT2D eigenvalue weighted by atomic mass is 16.5. The first-order valence-electron chi connectivity index (χ1n) is 11.1. The second kappa shape index (κ2) is 11.5. The van der Waals surface area contributed by atoms with Gasteiger partial charge in [-0.15, -0.1) is 0 Å². The molecule has 0 spiro atoms. The molecule has 0 atom stereocenters. The molecule has 4 nitrogen and oxygen atoms in total. The van der Waals surface area contributed by atoms with E-state index in [-0.39, 0.29) is 5.97 Å². The van der Waals surface area contributed by atoms with Gasteiger partial charge in [-0.05, 0) is 46.5 Å². The normalized spacial score (nSPS) is 10.7. The number of carbonyl (C=O) groups excluding carboxylic acids is 1. The molecule has 34 heavy (non-hydrogen) atoms. The Morgan fingerprint density at radius 1 is 0.618 bits per heavy atom. The van der Waals surface area contributed by atoms with Gasteiger partial charge >= 0.3 is 5.97 Å². The lowest BCUT2D eigenvalue weighted by atomic mass is 10.1. The first kappa shape index (κ1) is 22.9. The molecule has 0 unspecified atom stereocenters. The third-order valence-electron chi connectivity index (χ3n) is 5.01. The summed E-state index contributed by atoms with van der Waals surface area (Å²) >= 11 is 0. The van der Waals surface area contributed by atoms with E-state index in [4.69, 9.17) is 14.2 Å². The van der Waals surface area contributed by atoms with Gasteiger partial charge in [0.25, 0.3) is 0 Å². The lowest BCUT2D eigenvalue weighted by Gasteiger charge is -2.12. The summed E-state index contributed by atoms with van der Waals surface area (Å²) in [7, 11) is 0. The Labute approximate surface area is 200 Å². The minimum Gasteiger partial charge on any atom is -0.489 e. The Morgan fingerprint density at radius 3 is 1.62 bits per heavy atom. The van der Waals surface area contributed by atoms with Crippen molar-refractivity contribution >= 4 is 18.1 Å². The molecule has 0 fully saturated rings. The maximum absolute atomic E-state index is 11.1. The summed E-state index contributed by atoms with van der Waals surface area (Å²) in [6.07, 6.45) is 4.00. The molecule has 170 valence electrons. The van der Waals surface area contributed by atoms with E-state index in [2.05, 4.69) is 0 Å². The monoisotopic (exact) mass is 450 g/mol. The van der Waals surface area contributed by atoms with E-state index in [0.717, 1.165) is 33.8 Å². The van der Waals surface area contributed by atoms with Gasteiger partial charge in [0.05, 0.1) is 0 Å². The second-order valence-corrected chi connectivity index (χ2v) is 7.78. The van der Waals surface area contributed by atoms with Crippen LogP contribution in [0, 0.1) is 0 Å². The molecule has 0 bridgehead atoms. The summed E-state index contributed by atoms with van der Waals surface area (Å²) in [5.74, 6) is 1.66. The molecule has 0 aliphatic rings. The topological polar surface area (TPSA) is 44.8 Å². The van der Waals surface area contributed by atoms with E-state index in [1.807, 2.05) is 103 Å². The molecular formula is C30H26O4. The summed E-state index contributed by atoms with van der Waals surface area (Å²) in [6.45, 7) is 2.34. The fourth-order valence-corrected chi connectivity index (χ4v) is 3.34. The summed E-state index contributed by atoms with van der Waals surface area (Å²) < 4.78 is 17.2. The maximum Gasteiger partial charge on any atom is 0.308 e. The molecule has 4 rings (SSSR count). The number of hydrogen-bond donors (Lipinski definition) is 0. The van der Waals surface area contributed by atoms with Gasteiger partial charge in [0.15, 0.2) is 0 Å². The molecule has 4 aromatic carbocycles. The number of hydrogen-bond acceptors (Lipinski definition) is 4. The molecule has 0 heterocycles. The Kier molecular flexibility index (Phi) is 7.75. The zero-order valence-electron chi connectivity index (χ0n) is 19.0. The molecule has 0 N–H and O–H groups in total. The smallest absolute Gasteiger partial charge is 0.308 e. The van der Waals surface area contributed by atoms with Crippen molar-refractivity contribution in [1.82, 2.24) is 0 Å². The van der Waals surface area contributed by atoms with E-state index < -0.39 is 0 Å². The van der Waals surface area contributed by atoms with Gasteiger partial charge in [0.1, 0.15) is 30.5 Å². The van der Waals surface area contributed by atoms with Crippen molar-refractivity contribution in [3.8, 4) is 17.2 Å². The van der Waals surface area contributed by atoms with Crippen molar-refractivity contribution in [2.45, 2.75) is 20.1 Å². The molecule has 0 saturated carbocycles. The quantitative estimate of drug-likeness (QED) is 0.157. The predicted molar refractivity (Wildman–Crippen MR) is 135 cm³/mol. The van der Waals surface area contributed by atoms with Gasteiger partial charge in [-0.1, -0.05) is 84.9 Å². The van der Waals surface area contributed by atoms with Crippen LogP contribution in [0.1, 0.15) is 29.2 Å². The molecule has 0 radical (unpaired) electrons. The van der Waals surface area contributed by atoms with Crippen molar-refractivity contribution in [2.75, 3.05) is 0 Å². The lowest BCUT2D eigenvalue weighted by Crippen LogP contribution is -2.00. The van der Waals surface area contributed by atoms with Crippen molar-refractivity contribution in [3.63, 3.8) is 0 Å². The molecular weight excluding hydrogens is 424 g/mol. The minimum absolute atomic E-state index is 0.335. The second-order valence-electron chi connectivity index (χ2n) is 7.78. The van der Waals surface area contributed by atoms with Gasteiger partial charge in [-0.25, -0.2) is 0 Å². The molecule has 0 saturated heterocycles. The van der Waals surface area contributed by atoms with E-state index >= 15 is 0 Å². The number of ether oxygens (including phenoxy) is 3. The average Bonchev–Trinajstić information content (AvgIpc) is 2.87. The Bertz CT molecular complexity index is 1170. The fourth-order valence-electron chi connectivity index (χ4n) is 3.34. The Morgan fingerprint density at radius 2 is 1.12 bits per heavy atom. The van der Waals surface area contributed by atoms with Crippen LogP contribution in [0.15, 0.2) is 103 Å². The van der Waals surface area contributed by atoms with E-state index in [1.54, 1.807) is 12.1 Å². The van der Waals surface area contributed by atoms with Crippen molar-refractivity contribution in [2.24, 2.45) is 0 Å². The maximum atomic E-state index is 11.1. The molecule has 0 aromatic heterocycles. The summed E-state index contributed by atoms with van der Waals surface area (Å²) in [5, 5.41) is 0. The van der Waals surface area contributed by atoms with Crippen LogP contribution in [-0.4, -0.2) is 5.97 Å². The highest BCUT2D eigenvalue weighted by molar-refractivity contribution is 5.72. The van der Waals surface area contributed by atoms with Gasteiger partial charge in [-0.3, -0.25) is 4.79 Å². The van der Waals surface area contributed by atoms with Crippen LogP contribution in [0.5, 0.6) is 17.2 Å². The van der Waals surface area contributed by atoms with Crippen LogP contribution in [-0.2, 0) is 18.0 Å². The summed E-state index contributed by atoms with van der Waals surface area (Å²) in [6, 6.07) is 33.4. The fraction of sp³-hybridized carbons (Fsp3) is 0.100. The van der Waals surface area contributed by atoms with Crippen LogP contribution < -0.4 is 14.2 Å². The van der Waals surface area contributed by atoms with Crippen LogP contribution in [0.3, 0.4) is 0 Å². The number of rotatable bonds is 9. The number of benzene rings is 4. The van der Waals surface area contributed by atoms with Crippen molar-refractivity contribution in [1.29, 1.82) is 0 Å². The van der Waals surface area contributed by atoms with Gasteiger partial charge in [-0.2, -0.15) is 0 Å². The molecule has 0 aliphatic carbocycles. The van der Waals surface area contributed by atoms with Crippen LogP contribution >= 0.6 is 0 Å². The Balaban J connectivity index is 1.51. The lowest BCUT2D eigenvalue weighted by molar-refractivity contribution is -0.131. The highest BCUT2D eigenvalue weighted by Crippen LogP contribution is 2.26. The molecule has 4 heteroatoms. The SMILES string of the molecule is CC(=O)Oc1ccc(/C=C/c2cc(OCc3ccccc3)cc(OCc3ccccc3)c2)cc1. The molecule has 4 aromatic rings. The predicted octanol–water partition coefficient (Wildman–Crippen LogP) is 6.94. The van der Waals surface area contributed by atoms with Crippen LogP contribution in [0.4, 0.5) is 0 Å². The third-order valence-corrected chi connectivity index (χ3v) is 5.01. The van der Waals surface area contributed by atoms with Gasteiger partial charge in [0.2, 0.25) is 0 Å². The number of esters is 1. The number of carbonyl (C=O) groups is 1. The van der Waals surface area contributed by atoms with Crippen molar-refractivity contribution in [3.05, 3.63) is 125 Å². The minimum atomic E-state index is -0.335. The average molecular weight is 451 g/mol. The molecule has 0 aliphatic heterocycles. The van der Waals surface area contributed by atoms with E-state index in [0.29, 0.717) is 19.0 Å². The third kappa shape index (κ3) is 7.10. The summed E-state index contributed by atoms with van der Waals surface area (Å²) in [4.78, 5) is 11.1. The van der Waals surface area contributed by atoms with Crippen molar-refractivity contribution < 1.29 is 19.0 Å². The Hall–Kier alpha value is -4.31.